The van der Waals surface area contributed by atoms with E-state index in [-0.39, 0.29) is 17.9 Å². The number of carbonyl (C=O) groups is 2. The second-order valence-corrected chi connectivity index (χ2v) is 6.48. The topological polar surface area (TPSA) is 64.6 Å². The van der Waals surface area contributed by atoms with Gasteiger partial charge in [-0.15, -0.1) is 0 Å². The maximum Gasteiger partial charge on any atom is 0.342 e. The van der Waals surface area contributed by atoms with Crippen molar-refractivity contribution in [1.82, 2.24) is 0 Å². The summed E-state index contributed by atoms with van der Waals surface area (Å²) in [7, 11) is 0. The van der Waals surface area contributed by atoms with Crippen molar-refractivity contribution in [3.8, 4) is 5.75 Å². The van der Waals surface area contributed by atoms with E-state index in [1.807, 2.05) is 12.1 Å². The molecule has 0 saturated heterocycles. The number of anilines is 1. The molecule has 3 rings (SSSR count). The molecular formula is C22H17ClFNO4. The van der Waals surface area contributed by atoms with Crippen LogP contribution in [0, 0.1) is 5.82 Å². The van der Waals surface area contributed by atoms with Gasteiger partial charge < -0.3 is 14.8 Å². The number of benzene rings is 3. The van der Waals surface area contributed by atoms with Gasteiger partial charge in [0.15, 0.2) is 6.61 Å². The molecule has 1 amide bonds. The maximum atomic E-state index is 13.2. The standard InChI is InChI=1S/C22H17ClFNO4/c23-16-10-8-15(9-11-16)13-28-20-7-2-1-6-19(20)22(27)29-14-21(26)25-18-5-3-4-17(24)12-18/h1-12H,13-14H2,(H,25,26). The first-order chi connectivity index (χ1) is 14.0. The van der Waals surface area contributed by atoms with Crippen LogP contribution in [-0.2, 0) is 16.1 Å². The minimum Gasteiger partial charge on any atom is -0.488 e. The first kappa shape index (κ1) is 20.4. The van der Waals surface area contributed by atoms with E-state index in [1.165, 1.54) is 24.3 Å². The van der Waals surface area contributed by atoms with E-state index < -0.39 is 24.3 Å². The zero-order valence-electron chi connectivity index (χ0n) is 15.2. The van der Waals surface area contributed by atoms with Crippen LogP contribution in [-0.4, -0.2) is 18.5 Å². The minimum atomic E-state index is -0.703. The molecule has 0 aromatic heterocycles. The highest BCUT2D eigenvalue weighted by molar-refractivity contribution is 6.30. The summed E-state index contributed by atoms with van der Waals surface area (Å²) in [6.07, 6.45) is 0. The number of nitrogens with one attached hydrogen (secondary N) is 1. The second kappa shape index (κ2) is 9.71. The molecule has 29 heavy (non-hydrogen) atoms. The molecule has 0 fully saturated rings. The number of amides is 1. The number of hydrogen-bond donors (Lipinski definition) is 1. The molecule has 0 radical (unpaired) electrons. The average Bonchev–Trinajstić information content (AvgIpc) is 2.72. The van der Waals surface area contributed by atoms with Crippen LogP contribution in [0.3, 0.4) is 0 Å². The third kappa shape index (κ3) is 6.05. The molecule has 7 heteroatoms. The summed E-state index contributed by atoms with van der Waals surface area (Å²) in [6.45, 7) is -0.275. The largest absolute Gasteiger partial charge is 0.488 e. The molecule has 3 aromatic rings. The van der Waals surface area contributed by atoms with E-state index in [4.69, 9.17) is 21.1 Å². The predicted molar refractivity (Wildman–Crippen MR) is 108 cm³/mol. The maximum absolute atomic E-state index is 13.2. The van der Waals surface area contributed by atoms with E-state index in [1.54, 1.807) is 36.4 Å². The average molecular weight is 414 g/mol. The Bertz CT molecular complexity index is 1010. The summed E-state index contributed by atoms with van der Waals surface area (Å²) in [6, 6.07) is 19.1. The Kier molecular flexibility index (Phi) is 6.81. The van der Waals surface area contributed by atoms with Crippen LogP contribution in [0.5, 0.6) is 5.75 Å². The Hall–Kier alpha value is -3.38. The quantitative estimate of drug-likeness (QED) is 0.562. The Morgan fingerprint density at radius 1 is 0.966 bits per heavy atom. The van der Waals surface area contributed by atoms with E-state index in [0.717, 1.165) is 5.56 Å². The monoisotopic (exact) mass is 413 g/mol. The minimum absolute atomic E-state index is 0.194. The smallest absolute Gasteiger partial charge is 0.342 e. The van der Waals surface area contributed by atoms with Gasteiger partial charge in [-0.3, -0.25) is 4.79 Å². The van der Waals surface area contributed by atoms with Crippen molar-refractivity contribution in [1.29, 1.82) is 0 Å². The lowest BCUT2D eigenvalue weighted by atomic mass is 10.2. The van der Waals surface area contributed by atoms with Gasteiger partial charge in [-0.05, 0) is 48.0 Å². The lowest BCUT2D eigenvalue weighted by Crippen LogP contribution is -2.21. The summed E-state index contributed by atoms with van der Waals surface area (Å²) in [4.78, 5) is 24.3. The molecule has 5 nitrogen and oxygen atoms in total. The Morgan fingerprint density at radius 3 is 2.48 bits per heavy atom. The van der Waals surface area contributed by atoms with Gasteiger partial charge in [-0.25, -0.2) is 9.18 Å². The van der Waals surface area contributed by atoms with Crippen LogP contribution < -0.4 is 10.1 Å². The van der Waals surface area contributed by atoms with Gasteiger partial charge in [0.25, 0.3) is 5.91 Å². The van der Waals surface area contributed by atoms with Gasteiger partial charge in [-0.1, -0.05) is 41.9 Å². The molecule has 3 aromatic carbocycles. The highest BCUT2D eigenvalue weighted by Crippen LogP contribution is 2.21. The fourth-order valence-electron chi connectivity index (χ4n) is 2.48. The Balaban J connectivity index is 1.57. The summed E-state index contributed by atoms with van der Waals surface area (Å²) in [5, 5.41) is 3.08. The van der Waals surface area contributed by atoms with Gasteiger partial charge in [-0.2, -0.15) is 0 Å². The molecule has 0 heterocycles. The lowest BCUT2D eigenvalue weighted by molar-refractivity contribution is -0.119. The van der Waals surface area contributed by atoms with Crippen LogP contribution in [0.1, 0.15) is 15.9 Å². The summed E-state index contributed by atoms with van der Waals surface area (Å²) >= 11 is 5.86. The molecule has 148 valence electrons. The van der Waals surface area contributed by atoms with Gasteiger partial charge in [0.05, 0.1) is 0 Å². The van der Waals surface area contributed by atoms with E-state index in [2.05, 4.69) is 5.32 Å². The molecule has 0 spiro atoms. The van der Waals surface area contributed by atoms with Crippen molar-refractivity contribution < 1.29 is 23.5 Å². The summed E-state index contributed by atoms with van der Waals surface area (Å²) < 4.78 is 23.9. The molecule has 0 aliphatic carbocycles. The fourth-order valence-corrected chi connectivity index (χ4v) is 2.60. The second-order valence-electron chi connectivity index (χ2n) is 6.05. The number of ether oxygens (including phenoxy) is 2. The Morgan fingerprint density at radius 2 is 1.72 bits per heavy atom. The zero-order chi connectivity index (χ0) is 20.6. The number of para-hydroxylation sites is 1. The van der Waals surface area contributed by atoms with E-state index in [9.17, 15) is 14.0 Å². The van der Waals surface area contributed by atoms with Gasteiger partial charge in [0.1, 0.15) is 23.7 Å². The normalized spacial score (nSPS) is 10.3. The van der Waals surface area contributed by atoms with Crippen LogP contribution in [0.2, 0.25) is 5.02 Å². The number of carbonyl (C=O) groups excluding carboxylic acids is 2. The number of hydrogen-bond acceptors (Lipinski definition) is 4. The van der Waals surface area contributed by atoms with E-state index in [0.29, 0.717) is 10.8 Å². The van der Waals surface area contributed by atoms with Crippen molar-refractivity contribution in [3.63, 3.8) is 0 Å². The molecule has 0 unspecified atom stereocenters. The fraction of sp³-hybridized carbons (Fsp3) is 0.0909. The molecule has 0 atom stereocenters. The van der Waals surface area contributed by atoms with Crippen molar-refractivity contribution >= 4 is 29.2 Å². The van der Waals surface area contributed by atoms with Crippen molar-refractivity contribution in [2.24, 2.45) is 0 Å². The number of halogens is 2. The summed E-state index contributed by atoms with van der Waals surface area (Å²) in [5.41, 5.74) is 1.35. The van der Waals surface area contributed by atoms with E-state index >= 15 is 0 Å². The van der Waals surface area contributed by atoms with Gasteiger partial charge in [0.2, 0.25) is 0 Å². The molecular weight excluding hydrogens is 397 g/mol. The highest BCUT2D eigenvalue weighted by Gasteiger charge is 2.15. The van der Waals surface area contributed by atoms with Crippen LogP contribution in [0.25, 0.3) is 0 Å². The van der Waals surface area contributed by atoms with Crippen molar-refractivity contribution in [2.45, 2.75) is 6.61 Å². The third-order valence-electron chi connectivity index (χ3n) is 3.86. The lowest BCUT2D eigenvalue weighted by Gasteiger charge is -2.11. The van der Waals surface area contributed by atoms with Crippen LogP contribution in [0.4, 0.5) is 10.1 Å². The number of rotatable bonds is 7. The molecule has 0 saturated carbocycles. The molecule has 0 aliphatic heterocycles. The number of esters is 1. The molecule has 0 aliphatic rings. The summed E-state index contributed by atoms with van der Waals surface area (Å²) in [5.74, 6) is -1.43. The van der Waals surface area contributed by atoms with Crippen LogP contribution in [0.15, 0.2) is 72.8 Å². The van der Waals surface area contributed by atoms with Gasteiger partial charge in [0, 0.05) is 10.7 Å². The first-order valence-electron chi connectivity index (χ1n) is 8.70. The Labute approximate surface area is 172 Å². The van der Waals surface area contributed by atoms with Crippen molar-refractivity contribution in [2.75, 3.05) is 11.9 Å². The van der Waals surface area contributed by atoms with Gasteiger partial charge >= 0.3 is 5.97 Å². The molecule has 0 bridgehead atoms. The van der Waals surface area contributed by atoms with Crippen molar-refractivity contribution in [3.05, 3.63) is 94.8 Å². The zero-order valence-corrected chi connectivity index (χ0v) is 16.0. The highest BCUT2D eigenvalue weighted by atomic mass is 35.5. The third-order valence-corrected chi connectivity index (χ3v) is 4.11. The van der Waals surface area contributed by atoms with Crippen LogP contribution >= 0.6 is 11.6 Å². The first-order valence-corrected chi connectivity index (χ1v) is 9.08. The molecule has 1 N–H and O–H groups in total. The predicted octanol–water partition coefficient (Wildman–Crippen LogP) is 4.85. The SMILES string of the molecule is O=C(COC(=O)c1ccccc1OCc1ccc(Cl)cc1)Nc1cccc(F)c1.